The number of hydrogen-bond donors (Lipinski definition) is 1. The zero-order chi connectivity index (χ0) is 13.1. The first-order valence-corrected chi connectivity index (χ1v) is 7.18. The average molecular weight is 288 g/mol. The number of benzene rings is 1. The molecule has 0 amide bonds. The van der Waals surface area contributed by atoms with Crippen molar-refractivity contribution in [2.24, 2.45) is 11.7 Å². The number of hydrogen-bond acceptors (Lipinski definition) is 2. The van der Waals surface area contributed by atoms with Crippen LogP contribution in [0, 0.1) is 5.92 Å². The van der Waals surface area contributed by atoms with Crippen LogP contribution in [-0.4, -0.2) is 12.6 Å². The summed E-state index contributed by atoms with van der Waals surface area (Å²) in [6.45, 7) is 2.71. The third-order valence-electron chi connectivity index (χ3n) is 3.32. The highest BCUT2D eigenvalue weighted by molar-refractivity contribution is 6.35. The Morgan fingerprint density at radius 1 is 1.39 bits per heavy atom. The van der Waals surface area contributed by atoms with Crippen molar-refractivity contribution < 1.29 is 4.74 Å². The molecule has 100 valence electrons. The standard InChI is InChI=1S/C14H19Cl2NO/c1-9(17)5-11-6-12(15)7-13(16)14(11)18-8-10-3-2-4-10/h6-7,9-10H,2-5,8,17H2,1H3. The molecule has 0 saturated heterocycles. The van der Waals surface area contributed by atoms with Crippen LogP contribution in [-0.2, 0) is 6.42 Å². The molecule has 1 aromatic rings. The summed E-state index contributed by atoms with van der Waals surface area (Å²) < 4.78 is 5.88. The van der Waals surface area contributed by atoms with Gasteiger partial charge in [0.15, 0.2) is 0 Å². The van der Waals surface area contributed by atoms with E-state index in [-0.39, 0.29) is 6.04 Å². The van der Waals surface area contributed by atoms with Gasteiger partial charge in [-0.15, -0.1) is 0 Å². The second kappa shape index (κ2) is 6.14. The Hall–Kier alpha value is -0.440. The van der Waals surface area contributed by atoms with Crippen LogP contribution >= 0.6 is 23.2 Å². The number of rotatable bonds is 5. The molecule has 0 spiro atoms. The predicted octanol–water partition coefficient (Wildman–Crippen LogP) is 4.06. The molecule has 1 aliphatic rings. The first-order chi connectivity index (χ1) is 8.56. The van der Waals surface area contributed by atoms with Gasteiger partial charge < -0.3 is 10.5 Å². The summed E-state index contributed by atoms with van der Waals surface area (Å²) in [6.07, 6.45) is 4.55. The average Bonchev–Trinajstić information content (AvgIpc) is 2.18. The van der Waals surface area contributed by atoms with Gasteiger partial charge in [0.1, 0.15) is 5.75 Å². The van der Waals surface area contributed by atoms with E-state index in [1.54, 1.807) is 6.07 Å². The summed E-state index contributed by atoms with van der Waals surface area (Å²) in [5.41, 5.74) is 6.85. The van der Waals surface area contributed by atoms with Gasteiger partial charge in [-0.1, -0.05) is 29.6 Å². The third-order valence-corrected chi connectivity index (χ3v) is 3.81. The molecule has 0 radical (unpaired) electrons. The fourth-order valence-corrected chi connectivity index (χ4v) is 2.72. The minimum absolute atomic E-state index is 0.0607. The largest absolute Gasteiger partial charge is 0.491 e. The lowest BCUT2D eigenvalue weighted by Gasteiger charge is -2.26. The van der Waals surface area contributed by atoms with Crippen molar-refractivity contribution in [2.75, 3.05) is 6.61 Å². The van der Waals surface area contributed by atoms with Crippen molar-refractivity contribution in [3.63, 3.8) is 0 Å². The number of halogens is 2. The monoisotopic (exact) mass is 287 g/mol. The van der Waals surface area contributed by atoms with Crippen molar-refractivity contribution in [1.29, 1.82) is 0 Å². The Bertz CT molecular complexity index is 417. The summed E-state index contributed by atoms with van der Waals surface area (Å²) in [5, 5.41) is 1.21. The van der Waals surface area contributed by atoms with Gasteiger partial charge >= 0.3 is 0 Å². The highest BCUT2D eigenvalue weighted by Gasteiger charge is 2.20. The molecular weight excluding hydrogens is 269 g/mol. The highest BCUT2D eigenvalue weighted by atomic mass is 35.5. The smallest absolute Gasteiger partial charge is 0.141 e. The Morgan fingerprint density at radius 2 is 2.11 bits per heavy atom. The maximum absolute atomic E-state index is 6.21. The molecule has 2 nitrogen and oxygen atoms in total. The molecule has 18 heavy (non-hydrogen) atoms. The Morgan fingerprint density at radius 3 is 2.67 bits per heavy atom. The van der Waals surface area contributed by atoms with Crippen LogP contribution < -0.4 is 10.5 Å². The van der Waals surface area contributed by atoms with E-state index >= 15 is 0 Å². The van der Waals surface area contributed by atoms with Gasteiger partial charge in [-0.25, -0.2) is 0 Å². The van der Waals surface area contributed by atoms with Crippen molar-refractivity contribution in [3.8, 4) is 5.75 Å². The van der Waals surface area contributed by atoms with Crippen molar-refractivity contribution in [1.82, 2.24) is 0 Å². The fraction of sp³-hybridized carbons (Fsp3) is 0.571. The zero-order valence-corrected chi connectivity index (χ0v) is 12.1. The van der Waals surface area contributed by atoms with Gasteiger partial charge in [0.05, 0.1) is 11.6 Å². The van der Waals surface area contributed by atoms with Crippen LogP contribution in [0.1, 0.15) is 31.7 Å². The van der Waals surface area contributed by atoms with Crippen molar-refractivity contribution in [2.45, 2.75) is 38.6 Å². The van der Waals surface area contributed by atoms with E-state index in [0.29, 0.717) is 16.0 Å². The molecule has 1 atom stereocenters. The molecule has 0 bridgehead atoms. The maximum Gasteiger partial charge on any atom is 0.141 e. The molecule has 1 unspecified atom stereocenters. The van der Waals surface area contributed by atoms with Gasteiger partial charge in [-0.3, -0.25) is 0 Å². The first kappa shape index (κ1) is 14.0. The second-order valence-electron chi connectivity index (χ2n) is 5.17. The van der Waals surface area contributed by atoms with Gasteiger partial charge in [0.25, 0.3) is 0 Å². The second-order valence-corrected chi connectivity index (χ2v) is 6.01. The van der Waals surface area contributed by atoms with Crippen LogP contribution in [0.3, 0.4) is 0 Å². The molecule has 0 aromatic heterocycles. The van der Waals surface area contributed by atoms with Gasteiger partial charge in [0.2, 0.25) is 0 Å². The van der Waals surface area contributed by atoms with Gasteiger partial charge in [0, 0.05) is 11.1 Å². The molecule has 1 saturated carbocycles. The molecule has 1 aliphatic carbocycles. The highest BCUT2D eigenvalue weighted by Crippen LogP contribution is 2.35. The molecule has 4 heteroatoms. The Balaban J connectivity index is 2.13. The summed E-state index contributed by atoms with van der Waals surface area (Å²) in [4.78, 5) is 0. The first-order valence-electron chi connectivity index (χ1n) is 6.42. The molecule has 1 aromatic carbocycles. The van der Waals surface area contributed by atoms with Crippen molar-refractivity contribution >= 4 is 23.2 Å². The summed E-state index contributed by atoms with van der Waals surface area (Å²) in [7, 11) is 0. The van der Waals surface area contributed by atoms with Crippen LogP contribution in [0.15, 0.2) is 12.1 Å². The fourth-order valence-electron chi connectivity index (χ4n) is 2.13. The van der Waals surface area contributed by atoms with Crippen LogP contribution in [0.4, 0.5) is 0 Å². The maximum atomic E-state index is 6.21. The van der Waals surface area contributed by atoms with E-state index in [1.165, 1.54) is 19.3 Å². The minimum Gasteiger partial charge on any atom is -0.491 e. The molecule has 0 aliphatic heterocycles. The SMILES string of the molecule is CC(N)Cc1cc(Cl)cc(Cl)c1OCC1CCC1. The molecule has 0 heterocycles. The lowest BCUT2D eigenvalue weighted by molar-refractivity contribution is 0.179. The molecular formula is C14H19Cl2NO. The van der Waals surface area contributed by atoms with Crippen LogP contribution in [0.25, 0.3) is 0 Å². The molecule has 2 rings (SSSR count). The van der Waals surface area contributed by atoms with Crippen LogP contribution in [0.5, 0.6) is 5.75 Å². The van der Waals surface area contributed by atoms with Crippen LogP contribution in [0.2, 0.25) is 10.0 Å². The Kier molecular flexibility index (Phi) is 4.77. The Labute approximate surface area is 118 Å². The third kappa shape index (κ3) is 3.53. The van der Waals surface area contributed by atoms with Gasteiger partial charge in [-0.2, -0.15) is 0 Å². The van der Waals surface area contributed by atoms with E-state index in [9.17, 15) is 0 Å². The normalized spacial score (nSPS) is 17.3. The topological polar surface area (TPSA) is 35.2 Å². The summed E-state index contributed by atoms with van der Waals surface area (Å²) in [6, 6.07) is 3.68. The van der Waals surface area contributed by atoms with E-state index in [1.807, 2.05) is 13.0 Å². The zero-order valence-electron chi connectivity index (χ0n) is 10.6. The predicted molar refractivity (Wildman–Crippen MR) is 76.7 cm³/mol. The number of nitrogens with two attached hydrogens (primary N) is 1. The lowest BCUT2D eigenvalue weighted by Crippen LogP contribution is -2.21. The van der Waals surface area contributed by atoms with Gasteiger partial charge in [-0.05, 0) is 49.8 Å². The number of ether oxygens (including phenoxy) is 1. The molecule has 2 N–H and O–H groups in total. The summed E-state index contributed by atoms with van der Waals surface area (Å²) in [5.74, 6) is 1.44. The van der Waals surface area contributed by atoms with E-state index < -0.39 is 0 Å². The lowest BCUT2D eigenvalue weighted by atomic mass is 9.86. The minimum atomic E-state index is 0.0607. The summed E-state index contributed by atoms with van der Waals surface area (Å²) >= 11 is 12.2. The van der Waals surface area contributed by atoms with E-state index in [0.717, 1.165) is 24.3 Å². The van der Waals surface area contributed by atoms with E-state index in [4.69, 9.17) is 33.7 Å². The quantitative estimate of drug-likeness (QED) is 0.886. The van der Waals surface area contributed by atoms with E-state index in [2.05, 4.69) is 0 Å². The molecule has 1 fully saturated rings. The van der Waals surface area contributed by atoms with Crippen molar-refractivity contribution in [3.05, 3.63) is 27.7 Å².